The second-order valence-electron chi connectivity index (χ2n) is 10.1. The molecule has 0 saturated carbocycles. The van der Waals surface area contributed by atoms with Gasteiger partial charge < -0.3 is 23.7 Å². The van der Waals surface area contributed by atoms with Gasteiger partial charge in [-0.3, -0.25) is 29.6 Å². The molecular weight excluding hydrogens is 775 g/mol. The zero-order valence-electron chi connectivity index (χ0n) is 26.3. The molecule has 17 heteroatoms. The van der Waals surface area contributed by atoms with E-state index in [4.69, 9.17) is 23.7 Å². The van der Waals surface area contributed by atoms with Gasteiger partial charge in [0.2, 0.25) is 5.75 Å². The summed E-state index contributed by atoms with van der Waals surface area (Å²) in [4.78, 5) is 53.0. The van der Waals surface area contributed by atoms with Crippen LogP contribution in [-0.4, -0.2) is 47.8 Å². The van der Waals surface area contributed by atoms with Crippen LogP contribution in [-0.2, 0) is 9.53 Å². The van der Waals surface area contributed by atoms with Gasteiger partial charge in [-0.2, -0.15) is 0 Å². The number of carbonyl (C=O) groups excluding carboxylic acids is 1. The van der Waals surface area contributed by atoms with Gasteiger partial charge in [0.05, 0.1) is 63.1 Å². The Labute approximate surface area is 295 Å². The van der Waals surface area contributed by atoms with E-state index in [1.165, 1.54) is 25.0 Å². The fourth-order valence-corrected chi connectivity index (χ4v) is 6.72. The normalized spacial score (nSPS) is 13.9. The summed E-state index contributed by atoms with van der Waals surface area (Å²) in [5, 5.41) is 22.8. The van der Waals surface area contributed by atoms with Crippen molar-refractivity contribution in [3.8, 4) is 28.7 Å². The fourth-order valence-electron chi connectivity index (χ4n) is 5.02. The van der Waals surface area contributed by atoms with Crippen LogP contribution in [0.3, 0.4) is 0 Å². The molecule has 5 rings (SSSR count). The van der Waals surface area contributed by atoms with Crippen LogP contribution in [0.1, 0.15) is 31.0 Å². The Morgan fingerprint density at radius 2 is 1.69 bits per heavy atom. The van der Waals surface area contributed by atoms with E-state index in [0.29, 0.717) is 44.2 Å². The lowest BCUT2D eigenvalue weighted by molar-refractivity contribution is -0.394. The molecule has 3 aromatic carbocycles. The number of fused-ring (bicyclic) bond motifs is 1. The monoisotopic (exact) mass is 802 g/mol. The van der Waals surface area contributed by atoms with Crippen molar-refractivity contribution in [2.24, 2.45) is 4.99 Å². The molecule has 0 bridgehead atoms. The molecule has 1 aliphatic heterocycles. The number of nitro benzene ring substituents is 2. The molecule has 0 spiro atoms. The summed E-state index contributed by atoms with van der Waals surface area (Å²) in [7, 11) is 2.62. The molecule has 49 heavy (non-hydrogen) atoms. The number of methoxy groups -OCH3 is 2. The number of thiazole rings is 1. The maximum atomic E-state index is 14.0. The molecule has 0 amide bonds. The molecule has 0 aliphatic carbocycles. The number of rotatable bonds is 12. The molecule has 0 radical (unpaired) electrons. The van der Waals surface area contributed by atoms with Gasteiger partial charge in [-0.25, -0.2) is 9.79 Å². The van der Waals surface area contributed by atoms with E-state index < -0.39 is 38.8 Å². The number of non-ortho nitro benzene ring substituents is 1. The van der Waals surface area contributed by atoms with E-state index in [0.717, 1.165) is 29.5 Å². The zero-order chi connectivity index (χ0) is 35.4. The maximum absolute atomic E-state index is 14.0. The van der Waals surface area contributed by atoms with E-state index in [2.05, 4.69) is 4.99 Å². The predicted octanol–water partition coefficient (Wildman–Crippen LogP) is 5.04. The SMILES string of the molecule is CCOc1ccc([C@@H]2C(C(=O)OC)=CN=c3s/c(=C/c4cc(I)c(Oc5ccc([N+](=O)[O-])cc5[N+](=O)[O-])c(OC)c4)c(=O)n32)cc1OCC. The molecule has 2 heterocycles. The van der Waals surface area contributed by atoms with Crippen molar-refractivity contribution in [3.63, 3.8) is 0 Å². The van der Waals surface area contributed by atoms with E-state index >= 15 is 0 Å². The predicted molar refractivity (Wildman–Crippen MR) is 185 cm³/mol. The summed E-state index contributed by atoms with van der Waals surface area (Å²) in [5.74, 6) is 0.398. The number of esters is 1. The first-order valence-corrected chi connectivity index (χ1v) is 16.4. The highest BCUT2D eigenvalue weighted by Crippen LogP contribution is 2.41. The molecule has 0 N–H and O–H groups in total. The summed E-state index contributed by atoms with van der Waals surface area (Å²) in [6.07, 6.45) is 3.01. The van der Waals surface area contributed by atoms with Crippen LogP contribution in [0.25, 0.3) is 6.08 Å². The van der Waals surface area contributed by atoms with Gasteiger partial charge in [0, 0.05) is 12.3 Å². The van der Waals surface area contributed by atoms with Crippen LogP contribution in [0.5, 0.6) is 28.7 Å². The van der Waals surface area contributed by atoms with Crippen molar-refractivity contribution in [1.82, 2.24) is 4.57 Å². The number of nitrogens with zero attached hydrogens (tertiary/aromatic N) is 4. The number of halogens is 1. The van der Waals surface area contributed by atoms with Crippen molar-refractivity contribution in [2.45, 2.75) is 19.9 Å². The number of hydrogen-bond donors (Lipinski definition) is 0. The van der Waals surface area contributed by atoms with Crippen molar-refractivity contribution in [3.05, 3.63) is 115 Å². The van der Waals surface area contributed by atoms with Crippen LogP contribution in [0.15, 0.2) is 70.1 Å². The van der Waals surface area contributed by atoms with Gasteiger partial charge >= 0.3 is 11.7 Å². The molecule has 254 valence electrons. The molecule has 1 aromatic heterocycles. The average Bonchev–Trinajstić information content (AvgIpc) is 3.40. The minimum atomic E-state index is -0.885. The Kier molecular flexibility index (Phi) is 10.6. The molecule has 1 atom stereocenters. The first-order chi connectivity index (χ1) is 23.5. The van der Waals surface area contributed by atoms with Crippen molar-refractivity contribution in [1.29, 1.82) is 0 Å². The Morgan fingerprint density at radius 3 is 2.35 bits per heavy atom. The topological polar surface area (TPSA) is 184 Å². The summed E-state index contributed by atoms with van der Waals surface area (Å²) in [6, 6.07) is 10.6. The van der Waals surface area contributed by atoms with Crippen LogP contribution < -0.4 is 33.8 Å². The second kappa shape index (κ2) is 14.9. The summed E-state index contributed by atoms with van der Waals surface area (Å²) >= 11 is 3.06. The molecule has 1 aliphatic rings. The zero-order valence-corrected chi connectivity index (χ0v) is 29.3. The minimum Gasteiger partial charge on any atom is -0.493 e. The second-order valence-corrected chi connectivity index (χ2v) is 12.2. The van der Waals surface area contributed by atoms with Crippen LogP contribution in [0, 0.1) is 23.8 Å². The molecule has 0 unspecified atom stereocenters. The lowest BCUT2D eigenvalue weighted by Crippen LogP contribution is -2.39. The number of ether oxygens (including phenoxy) is 5. The van der Waals surface area contributed by atoms with Gasteiger partial charge in [-0.05, 0) is 84.0 Å². The molecular formula is C32H27IN4O11S. The molecule has 0 fully saturated rings. The van der Waals surface area contributed by atoms with Crippen LogP contribution >= 0.6 is 33.9 Å². The Morgan fingerprint density at radius 1 is 0.980 bits per heavy atom. The lowest BCUT2D eigenvalue weighted by atomic mass is 9.97. The van der Waals surface area contributed by atoms with Gasteiger partial charge in [-0.15, -0.1) is 0 Å². The van der Waals surface area contributed by atoms with Crippen molar-refractivity contribution < 1.29 is 38.3 Å². The molecule has 15 nitrogen and oxygen atoms in total. The third kappa shape index (κ3) is 7.12. The van der Waals surface area contributed by atoms with Crippen molar-refractivity contribution >= 4 is 57.3 Å². The third-order valence-electron chi connectivity index (χ3n) is 7.12. The van der Waals surface area contributed by atoms with Gasteiger partial charge in [0.25, 0.3) is 11.2 Å². The highest BCUT2D eigenvalue weighted by atomic mass is 127. The van der Waals surface area contributed by atoms with Gasteiger partial charge in [0.15, 0.2) is 27.8 Å². The summed E-state index contributed by atoms with van der Waals surface area (Å²) in [5.41, 5.74) is -0.239. The number of nitro groups is 2. The first-order valence-electron chi connectivity index (χ1n) is 14.5. The van der Waals surface area contributed by atoms with Crippen molar-refractivity contribution in [2.75, 3.05) is 27.4 Å². The minimum absolute atomic E-state index is 0.127. The first kappa shape index (κ1) is 35.0. The van der Waals surface area contributed by atoms with E-state index in [1.54, 1.807) is 36.4 Å². The largest absolute Gasteiger partial charge is 0.493 e. The average molecular weight is 803 g/mol. The van der Waals surface area contributed by atoms with Crippen LogP contribution in [0.4, 0.5) is 11.4 Å². The number of carbonyl (C=O) groups is 1. The highest BCUT2D eigenvalue weighted by molar-refractivity contribution is 14.1. The Bertz CT molecular complexity index is 2200. The molecule has 0 saturated heterocycles. The lowest BCUT2D eigenvalue weighted by Gasteiger charge is -2.23. The standard InChI is InChI=1S/C32H27IN4O11S/c1-5-46-24-9-7-18(14-25(24)47-6-2)28-20(31(39)45-4)16-34-32-35(28)30(38)27(49-32)13-17-11-21(33)29(26(12-17)44-3)48-23-10-8-19(36(40)41)15-22(23)37(42)43/h7-16,28H,5-6H2,1-4H3/b27-13+/t28-/m1/s1. The quantitative estimate of drug-likeness (QED) is 0.0810. The Hall–Kier alpha value is -5.30. The smallest absolute Gasteiger partial charge is 0.337 e. The van der Waals surface area contributed by atoms with E-state index in [1.807, 2.05) is 36.4 Å². The van der Waals surface area contributed by atoms with Gasteiger partial charge in [0.1, 0.15) is 0 Å². The number of benzene rings is 3. The highest BCUT2D eigenvalue weighted by Gasteiger charge is 2.32. The fraction of sp³-hybridized carbons (Fsp3) is 0.219. The van der Waals surface area contributed by atoms with E-state index in [9.17, 15) is 29.8 Å². The summed E-state index contributed by atoms with van der Waals surface area (Å²) < 4.78 is 30.1. The number of hydrogen-bond acceptors (Lipinski definition) is 13. The van der Waals surface area contributed by atoms with E-state index in [-0.39, 0.29) is 27.4 Å². The Balaban J connectivity index is 1.59. The van der Waals surface area contributed by atoms with Gasteiger partial charge in [-0.1, -0.05) is 17.4 Å². The number of aromatic nitrogens is 1. The maximum Gasteiger partial charge on any atom is 0.337 e. The van der Waals surface area contributed by atoms with Crippen LogP contribution in [0.2, 0.25) is 0 Å². The third-order valence-corrected chi connectivity index (χ3v) is 8.92. The molecule has 4 aromatic rings. The summed E-state index contributed by atoms with van der Waals surface area (Å²) in [6.45, 7) is 4.46.